The highest BCUT2D eigenvalue weighted by Gasteiger charge is 2.25. The molecule has 0 aliphatic carbocycles. The lowest BCUT2D eigenvalue weighted by Gasteiger charge is -2.17. The van der Waals surface area contributed by atoms with Crippen molar-refractivity contribution >= 4 is 35.8 Å². The molecule has 0 aliphatic rings. The number of aromatic amines is 1. The van der Waals surface area contributed by atoms with Crippen molar-refractivity contribution in [3.63, 3.8) is 0 Å². The zero-order valence-electron chi connectivity index (χ0n) is 18.5. The van der Waals surface area contributed by atoms with Crippen LogP contribution in [-0.2, 0) is 39.1 Å². The molecule has 0 aromatic carbocycles. The van der Waals surface area contributed by atoms with Gasteiger partial charge in [-0.15, -0.1) is 0 Å². The predicted octanol–water partition coefficient (Wildman–Crippen LogP) is 3.12. The number of carbonyl (C=O) groups excluding carboxylic acids is 2. The first-order chi connectivity index (χ1) is 15.4. The summed E-state index contributed by atoms with van der Waals surface area (Å²) in [7, 11) is -3.96. The van der Waals surface area contributed by atoms with E-state index in [9.17, 15) is 23.7 Å². The van der Waals surface area contributed by atoms with Gasteiger partial charge in [0.25, 0.3) is 5.56 Å². The molecule has 1 rings (SSSR count). The van der Waals surface area contributed by atoms with Gasteiger partial charge in [-0.25, -0.2) is 14.4 Å². The molecular formula is C18H26BrN2O11P. The average Bonchev–Trinajstić information content (AvgIpc) is 2.67. The zero-order valence-corrected chi connectivity index (χ0v) is 21.0. The molecule has 15 heteroatoms. The molecule has 0 unspecified atom stereocenters. The minimum atomic E-state index is -3.96. The summed E-state index contributed by atoms with van der Waals surface area (Å²) >= 11 is 3.02. The van der Waals surface area contributed by atoms with Crippen LogP contribution >= 0.6 is 23.5 Å². The van der Waals surface area contributed by atoms with Gasteiger partial charge in [0.1, 0.15) is 0 Å². The van der Waals surface area contributed by atoms with E-state index >= 15 is 0 Å². The molecule has 0 saturated carbocycles. The standard InChI is InChI=1S/C18H26BrN2O11P/c1-12(2)31-17(24)27-10-29-33(26,30-11-28-18(25)32-13(3)4)8-6-5-7-21-9-14(19)15(22)20-16(21)23/h5-6,9,12-13H,7-8,10-11H2,1-4H3,(H,20,22,23)/b6-5+. The monoisotopic (exact) mass is 556 g/mol. The van der Waals surface area contributed by atoms with E-state index in [2.05, 4.69) is 30.4 Å². The molecule has 0 atom stereocenters. The largest absolute Gasteiger partial charge is 0.510 e. The second-order valence-corrected chi connectivity index (χ2v) is 9.73. The summed E-state index contributed by atoms with van der Waals surface area (Å²) in [5.74, 6) is 0. The Morgan fingerprint density at radius 1 is 1.03 bits per heavy atom. The Kier molecular flexibility index (Phi) is 12.1. The van der Waals surface area contributed by atoms with Crippen LogP contribution in [0.5, 0.6) is 0 Å². The van der Waals surface area contributed by atoms with Crippen LogP contribution in [0.15, 0.2) is 32.4 Å². The molecule has 1 aromatic rings. The van der Waals surface area contributed by atoms with Gasteiger partial charge >= 0.3 is 25.6 Å². The number of aromatic nitrogens is 2. The Labute approximate surface area is 197 Å². The maximum Gasteiger partial charge on any atom is 0.510 e. The molecule has 1 N–H and O–H groups in total. The van der Waals surface area contributed by atoms with Crippen molar-refractivity contribution in [2.24, 2.45) is 0 Å². The van der Waals surface area contributed by atoms with Crippen LogP contribution in [0.25, 0.3) is 0 Å². The molecule has 1 aromatic heterocycles. The first kappa shape index (κ1) is 28.6. The van der Waals surface area contributed by atoms with Gasteiger partial charge < -0.3 is 18.9 Å². The minimum absolute atomic E-state index is 0.0304. The molecule has 0 fully saturated rings. The van der Waals surface area contributed by atoms with E-state index in [4.69, 9.17) is 18.5 Å². The third-order valence-corrected chi connectivity index (χ3v) is 5.50. The topological polar surface area (TPSA) is 161 Å². The highest BCUT2D eigenvalue weighted by molar-refractivity contribution is 9.10. The lowest BCUT2D eigenvalue weighted by molar-refractivity contribution is -0.0298. The lowest BCUT2D eigenvalue weighted by atomic mass is 10.5. The van der Waals surface area contributed by atoms with Crippen molar-refractivity contribution in [1.82, 2.24) is 9.55 Å². The number of nitrogens with one attached hydrogen (secondary N) is 1. The number of hydrogen-bond acceptors (Lipinski definition) is 11. The van der Waals surface area contributed by atoms with E-state index in [1.165, 1.54) is 22.9 Å². The Balaban J connectivity index is 2.74. The Hall–Kier alpha value is -2.41. The summed E-state index contributed by atoms with van der Waals surface area (Å²) in [5, 5.41) is 0. The summed E-state index contributed by atoms with van der Waals surface area (Å²) in [5.41, 5.74) is -1.21. The van der Waals surface area contributed by atoms with Gasteiger partial charge in [0, 0.05) is 12.7 Å². The number of rotatable bonds is 12. The Bertz CT molecular complexity index is 954. The molecule has 0 spiro atoms. The maximum absolute atomic E-state index is 12.9. The SMILES string of the molecule is CC(C)OC(=O)OCOP(=O)(C/C=C/Cn1cc(Br)c(=O)[nH]c1=O)OCOC(=O)OC(C)C. The number of allylic oxidation sites excluding steroid dienone is 2. The molecule has 0 radical (unpaired) electrons. The highest BCUT2D eigenvalue weighted by Crippen LogP contribution is 2.48. The fraction of sp³-hybridized carbons (Fsp3) is 0.556. The molecule has 186 valence electrons. The molecule has 33 heavy (non-hydrogen) atoms. The summed E-state index contributed by atoms with van der Waals surface area (Å²) in [4.78, 5) is 48.1. The molecule has 0 bridgehead atoms. The van der Waals surface area contributed by atoms with E-state index in [0.717, 1.165) is 0 Å². The van der Waals surface area contributed by atoms with E-state index < -0.39 is 56.9 Å². The van der Waals surface area contributed by atoms with Crippen LogP contribution < -0.4 is 11.2 Å². The number of hydrogen-bond donors (Lipinski definition) is 1. The molecule has 0 saturated heterocycles. The van der Waals surface area contributed by atoms with Crippen LogP contribution in [0.1, 0.15) is 27.7 Å². The smallest absolute Gasteiger partial charge is 0.432 e. The van der Waals surface area contributed by atoms with Crippen molar-refractivity contribution < 1.29 is 42.1 Å². The molecule has 0 amide bonds. The highest BCUT2D eigenvalue weighted by atomic mass is 79.9. The van der Waals surface area contributed by atoms with Crippen molar-refractivity contribution in [2.45, 2.75) is 46.4 Å². The second kappa shape index (κ2) is 14.0. The van der Waals surface area contributed by atoms with Gasteiger partial charge in [-0.3, -0.25) is 28.0 Å². The lowest BCUT2D eigenvalue weighted by Crippen LogP contribution is -2.29. The number of halogens is 1. The van der Waals surface area contributed by atoms with E-state index in [1.807, 2.05) is 0 Å². The van der Waals surface area contributed by atoms with Gasteiger partial charge in [-0.05, 0) is 43.6 Å². The molecule has 13 nitrogen and oxygen atoms in total. The van der Waals surface area contributed by atoms with Crippen LogP contribution in [-0.4, -0.2) is 53.8 Å². The van der Waals surface area contributed by atoms with E-state index in [0.29, 0.717) is 0 Å². The van der Waals surface area contributed by atoms with Gasteiger partial charge in [0.15, 0.2) is 0 Å². The van der Waals surface area contributed by atoms with Gasteiger partial charge in [0.2, 0.25) is 13.6 Å². The number of H-pyrrole nitrogens is 1. The van der Waals surface area contributed by atoms with E-state index in [-0.39, 0.29) is 17.2 Å². The zero-order chi connectivity index (χ0) is 25.0. The van der Waals surface area contributed by atoms with Gasteiger partial charge in [-0.1, -0.05) is 12.2 Å². The van der Waals surface area contributed by atoms with Gasteiger partial charge in [-0.2, -0.15) is 0 Å². The molecular weight excluding hydrogens is 531 g/mol. The molecule has 1 heterocycles. The summed E-state index contributed by atoms with van der Waals surface area (Å²) in [6, 6.07) is 0. The first-order valence-electron chi connectivity index (χ1n) is 9.61. The normalized spacial score (nSPS) is 11.7. The maximum atomic E-state index is 12.9. The third kappa shape index (κ3) is 11.9. The predicted molar refractivity (Wildman–Crippen MR) is 118 cm³/mol. The number of carbonyl (C=O) groups is 2. The van der Waals surface area contributed by atoms with Crippen molar-refractivity contribution in [3.8, 4) is 0 Å². The average molecular weight is 557 g/mol. The first-order valence-corrected chi connectivity index (χ1v) is 12.1. The fourth-order valence-electron chi connectivity index (χ4n) is 1.92. The number of nitrogens with zero attached hydrogens (tertiary/aromatic N) is 1. The van der Waals surface area contributed by atoms with E-state index in [1.54, 1.807) is 27.7 Å². The van der Waals surface area contributed by atoms with Crippen molar-refractivity contribution in [1.29, 1.82) is 0 Å². The Morgan fingerprint density at radius 3 is 2.03 bits per heavy atom. The number of ether oxygens (including phenoxy) is 4. The fourth-order valence-corrected chi connectivity index (χ4v) is 3.38. The van der Waals surface area contributed by atoms with Crippen molar-refractivity contribution in [3.05, 3.63) is 43.7 Å². The third-order valence-electron chi connectivity index (χ3n) is 3.28. The molecule has 0 aliphatic heterocycles. The van der Waals surface area contributed by atoms with Gasteiger partial charge in [0.05, 0.1) is 22.8 Å². The quantitative estimate of drug-likeness (QED) is 0.174. The Morgan fingerprint density at radius 2 is 1.55 bits per heavy atom. The summed E-state index contributed by atoms with van der Waals surface area (Å²) in [6.07, 6.45) is 0.884. The van der Waals surface area contributed by atoms with Crippen LogP contribution in [0.2, 0.25) is 0 Å². The van der Waals surface area contributed by atoms with Crippen molar-refractivity contribution in [2.75, 3.05) is 19.7 Å². The summed E-state index contributed by atoms with van der Waals surface area (Å²) < 4.78 is 43.2. The van der Waals surface area contributed by atoms with Crippen LogP contribution in [0.4, 0.5) is 9.59 Å². The van der Waals surface area contributed by atoms with Crippen LogP contribution in [0, 0.1) is 0 Å². The minimum Gasteiger partial charge on any atom is -0.432 e. The second-order valence-electron chi connectivity index (χ2n) is 6.77. The summed E-state index contributed by atoms with van der Waals surface area (Å²) in [6.45, 7) is 4.98. The van der Waals surface area contributed by atoms with Crippen LogP contribution in [0.3, 0.4) is 0 Å².